The van der Waals surface area contributed by atoms with Gasteiger partial charge in [0, 0.05) is 26.3 Å². The molecule has 0 saturated carbocycles. The van der Waals surface area contributed by atoms with Crippen LogP contribution in [0.2, 0.25) is 0 Å². The number of rotatable bonds is 7. The van der Waals surface area contributed by atoms with Crippen molar-refractivity contribution in [1.29, 1.82) is 0 Å². The van der Waals surface area contributed by atoms with Crippen molar-refractivity contribution in [2.24, 2.45) is 0 Å². The van der Waals surface area contributed by atoms with Crippen molar-refractivity contribution in [3.05, 3.63) is 77.9 Å². The van der Waals surface area contributed by atoms with Gasteiger partial charge >= 0.3 is 0 Å². The van der Waals surface area contributed by atoms with Gasteiger partial charge in [-0.05, 0) is 48.0 Å². The maximum absolute atomic E-state index is 12.5. The summed E-state index contributed by atoms with van der Waals surface area (Å²) >= 11 is 0. The Morgan fingerprint density at radius 2 is 1.61 bits per heavy atom. The zero-order chi connectivity index (χ0) is 20.1. The first kappa shape index (κ1) is 19.9. The number of nitrogens with one attached hydrogen (secondary N) is 1. The summed E-state index contributed by atoms with van der Waals surface area (Å²) in [6.45, 7) is 3.15. The van der Waals surface area contributed by atoms with Gasteiger partial charge in [0.25, 0.3) is 0 Å². The first-order chi connectivity index (χ1) is 13.4. The normalized spacial score (nSPS) is 12.2. The van der Waals surface area contributed by atoms with Crippen molar-refractivity contribution in [1.82, 2.24) is 10.2 Å². The number of fused-ring (bicyclic) bond motifs is 1. The Bertz CT molecular complexity index is 929. The van der Waals surface area contributed by atoms with Crippen LogP contribution in [0.3, 0.4) is 0 Å². The van der Waals surface area contributed by atoms with Gasteiger partial charge < -0.3 is 10.2 Å². The standard InChI is InChI=1S/C24H29N3O/c1-18(22-11-7-9-20-8-5-6-10-23(20)22)25-24(28)17-27(4)16-19-12-14-21(15-13-19)26(2)3/h5-15,18H,16-17H2,1-4H3,(H,25,28)/t18-/m0/s1. The molecule has 1 N–H and O–H groups in total. The number of nitrogens with zero attached hydrogens (tertiary/aromatic N) is 2. The highest BCUT2D eigenvalue weighted by Gasteiger charge is 2.14. The molecule has 0 aliphatic rings. The second kappa shape index (κ2) is 8.89. The summed E-state index contributed by atoms with van der Waals surface area (Å²) in [5.41, 5.74) is 3.52. The summed E-state index contributed by atoms with van der Waals surface area (Å²) in [5.74, 6) is 0.0350. The van der Waals surface area contributed by atoms with E-state index in [0.29, 0.717) is 6.54 Å². The predicted molar refractivity (Wildman–Crippen MR) is 118 cm³/mol. The van der Waals surface area contributed by atoms with Crippen LogP contribution in [-0.4, -0.2) is 38.5 Å². The highest BCUT2D eigenvalue weighted by molar-refractivity contribution is 5.87. The summed E-state index contributed by atoms with van der Waals surface area (Å²) < 4.78 is 0. The molecule has 0 radical (unpaired) electrons. The number of likely N-dealkylation sites (N-methyl/N-ethyl adjacent to an activating group) is 1. The molecule has 4 heteroatoms. The van der Waals surface area contributed by atoms with Gasteiger partial charge in [-0.25, -0.2) is 0 Å². The molecule has 0 aliphatic carbocycles. The van der Waals surface area contributed by atoms with Crippen LogP contribution in [0.1, 0.15) is 24.1 Å². The lowest BCUT2D eigenvalue weighted by Gasteiger charge is -2.20. The van der Waals surface area contributed by atoms with Crippen LogP contribution >= 0.6 is 0 Å². The molecule has 0 aromatic heterocycles. The first-order valence-corrected chi connectivity index (χ1v) is 9.66. The van der Waals surface area contributed by atoms with E-state index in [4.69, 9.17) is 0 Å². The molecular formula is C24H29N3O. The van der Waals surface area contributed by atoms with Crippen LogP contribution in [-0.2, 0) is 11.3 Å². The van der Waals surface area contributed by atoms with E-state index in [-0.39, 0.29) is 11.9 Å². The van der Waals surface area contributed by atoms with Gasteiger partial charge in [-0.3, -0.25) is 9.69 Å². The molecule has 0 bridgehead atoms. The minimum absolute atomic E-state index is 0.0350. The van der Waals surface area contributed by atoms with E-state index in [2.05, 4.69) is 58.7 Å². The third-order valence-electron chi connectivity index (χ3n) is 4.99. The Morgan fingerprint density at radius 3 is 2.32 bits per heavy atom. The molecule has 0 spiro atoms. The molecule has 0 saturated heterocycles. The minimum atomic E-state index is -0.0358. The summed E-state index contributed by atoms with van der Waals surface area (Å²) in [7, 11) is 6.03. The smallest absolute Gasteiger partial charge is 0.234 e. The number of benzene rings is 3. The molecular weight excluding hydrogens is 346 g/mol. The molecule has 1 amide bonds. The third-order valence-corrected chi connectivity index (χ3v) is 4.99. The highest BCUT2D eigenvalue weighted by Crippen LogP contribution is 2.24. The fourth-order valence-corrected chi connectivity index (χ4v) is 3.51. The Balaban J connectivity index is 1.58. The second-order valence-corrected chi connectivity index (χ2v) is 7.59. The Kier molecular flexibility index (Phi) is 6.32. The molecule has 3 aromatic carbocycles. The molecule has 0 heterocycles. The zero-order valence-corrected chi connectivity index (χ0v) is 17.1. The molecule has 3 rings (SSSR count). The van der Waals surface area contributed by atoms with E-state index in [1.165, 1.54) is 22.0 Å². The van der Waals surface area contributed by atoms with E-state index in [1.54, 1.807) is 0 Å². The van der Waals surface area contributed by atoms with Crippen molar-refractivity contribution in [3.63, 3.8) is 0 Å². The van der Waals surface area contributed by atoms with Crippen LogP contribution in [0.4, 0.5) is 5.69 Å². The largest absolute Gasteiger partial charge is 0.378 e. The topological polar surface area (TPSA) is 35.6 Å². The predicted octanol–water partition coefficient (Wildman–Crippen LogP) is 4.22. The van der Waals surface area contributed by atoms with E-state index in [1.807, 2.05) is 51.2 Å². The van der Waals surface area contributed by atoms with Crippen molar-refractivity contribution in [2.75, 3.05) is 32.6 Å². The Hall–Kier alpha value is -2.85. The van der Waals surface area contributed by atoms with Gasteiger partial charge in [0.15, 0.2) is 0 Å². The first-order valence-electron chi connectivity index (χ1n) is 9.66. The van der Waals surface area contributed by atoms with Gasteiger partial charge in [-0.1, -0.05) is 54.6 Å². The molecule has 0 fully saturated rings. The molecule has 4 nitrogen and oxygen atoms in total. The highest BCUT2D eigenvalue weighted by atomic mass is 16.2. The number of hydrogen-bond donors (Lipinski definition) is 1. The molecule has 0 unspecified atom stereocenters. The quantitative estimate of drug-likeness (QED) is 0.672. The SMILES string of the molecule is C[C@H](NC(=O)CN(C)Cc1ccc(N(C)C)cc1)c1cccc2ccccc12. The van der Waals surface area contributed by atoms with E-state index >= 15 is 0 Å². The van der Waals surface area contributed by atoms with E-state index in [9.17, 15) is 4.79 Å². The van der Waals surface area contributed by atoms with Gasteiger partial charge in [-0.2, -0.15) is 0 Å². The van der Waals surface area contributed by atoms with Gasteiger partial charge in [0.1, 0.15) is 0 Å². The van der Waals surface area contributed by atoms with E-state index < -0.39 is 0 Å². The van der Waals surface area contributed by atoms with Gasteiger partial charge in [0.2, 0.25) is 5.91 Å². The van der Waals surface area contributed by atoms with E-state index in [0.717, 1.165) is 12.1 Å². The average Bonchev–Trinajstić information content (AvgIpc) is 2.67. The number of hydrogen-bond acceptors (Lipinski definition) is 3. The summed E-state index contributed by atoms with van der Waals surface area (Å²) in [4.78, 5) is 16.7. The van der Waals surface area contributed by atoms with Crippen molar-refractivity contribution < 1.29 is 4.79 Å². The van der Waals surface area contributed by atoms with Crippen LogP contribution < -0.4 is 10.2 Å². The second-order valence-electron chi connectivity index (χ2n) is 7.59. The summed E-state index contributed by atoms with van der Waals surface area (Å²) in [5, 5.41) is 5.52. The maximum atomic E-state index is 12.5. The Labute approximate surface area is 167 Å². The lowest BCUT2D eigenvalue weighted by atomic mass is 10.00. The van der Waals surface area contributed by atoms with Crippen molar-refractivity contribution in [3.8, 4) is 0 Å². The number of anilines is 1. The number of carbonyl (C=O) groups excluding carboxylic acids is 1. The van der Waals surface area contributed by atoms with Crippen LogP contribution in [0.5, 0.6) is 0 Å². The third kappa shape index (κ3) is 4.90. The maximum Gasteiger partial charge on any atom is 0.234 e. The Morgan fingerprint density at radius 1 is 0.929 bits per heavy atom. The number of carbonyl (C=O) groups is 1. The van der Waals surface area contributed by atoms with Crippen LogP contribution in [0.25, 0.3) is 10.8 Å². The lowest BCUT2D eigenvalue weighted by Crippen LogP contribution is -2.36. The van der Waals surface area contributed by atoms with Gasteiger partial charge in [-0.15, -0.1) is 0 Å². The zero-order valence-electron chi connectivity index (χ0n) is 17.1. The molecule has 28 heavy (non-hydrogen) atoms. The molecule has 3 aromatic rings. The fourth-order valence-electron chi connectivity index (χ4n) is 3.51. The summed E-state index contributed by atoms with van der Waals surface area (Å²) in [6, 6.07) is 22.9. The average molecular weight is 376 g/mol. The van der Waals surface area contributed by atoms with Crippen LogP contribution in [0, 0.1) is 0 Å². The summed E-state index contributed by atoms with van der Waals surface area (Å²) in [6.07, 6.45) is 0. The molecule has 146 valence electrons. The van der Waals surface area contributed by atoms with Crippen LogP contribution in [0.15, 0.2) is 66.7 Å². The van der Waals surface area contributed by atoms with Crippen molar-refractivity contribution in [2.45, 2.75) is 19.5 Å². The fraction of sp³-hybridized carbons (Fsp3) is 0.292. The monoisotopic (exact) mass is 375 g/mol. The van der Waals surface area contributed by atoms with Gasteiger partial charge in [0.05, 0.1) is 12.6 Å². The lowest BCUT2D eigenvalue weighted by molar-refractivity contribution is -0.122. The molecule has 0 aliphatic heterocycles. The number of amides is 1. The minimum Gasteiger partial charge on any atom is -0.378 e. The molecule has 1 atom stereocenters. The van der Waals surface area contributed by atoms with Crippen molar-refractivity contribution >= 4 is 22.4 Å².